The predicted octanol–water partition coefficient (Wildman–Crippen LogP) is 0.366. The summed E-state index contributed by atoms with van der Waals surface area (Å²) in [5.74, 6) is -1.18. The van der Waals surface area contributed by atoms with Gasteiger partial charge in [-0.1, -0.05) is 6.58 Å². The van der Waals surface area contributed by atoms with Crippen LogP contribution in [0.1, 0.15) is 6.92 Å². The van der Waals surface area contributed by atoms with Crippen molar-refractivity contribution in [3.63, 3.8) is 0 Å². The number of hydrogen-bond acceptors (Lipinski definition) is 4. The highest BCUT2D eigenvalue weighted by Gasteiger charge is 2.11. The van der Waals surface area contributed by atoms with E-state index in [4.69, 9.17) is 5.11 Å². The molecule has 0 aromatic heterocycles. The molecule has 0 bridgehead atoms. The lowest BCUT2D eigenvalue weighted by atomic mass is 10.3. The van der Waals surface area contributed by atoms with E-state index in [1.165, 1.54) is 7.11 Å². The quantitative estimate of drug-likeness (QED) is 0.530. The van der Waals surface area contributed by atoms with Gasteiger partial charge in [0.15, 0.2) is 0 Å². The molecule has 5 heteroatoms. The summed E-state index contributed by atoms with van der Waals surface area (Å²) in [7, 11) is 4.78. The molecule has 0 rings (SSSR count). The number of carbonyl (C=O) groups excluding carboxylic acids is 1. The summed E-state index contributed by atoms with van der Waals surface area (Å²) in [5, 5.41) is 8.31. The number of esters is 1. The number of ether oxygens (including phenoxy) is 1. The van der Waals surface area contributed by atoms with Crippen molar-refractivity contribution in [1.82, 2.24) is 4.90 Å². The molecule has 82 valence electrons. The lowest BCUT2D eigenvalue weighted by Gasteiger charge is -2.13. The van der Waals surface area contributed by atoms with E-state index in [1.807, 2.05) is 0 Å². The summed E-state index contributed by atoms with van der Waals surface area (Å²) < 4.78 is 4.14. The van der Waals surface area contributed by atoms with E-state index in [9.17, 15) is 9.59 Å². The van der Waals surface area contributed by atoms with Crippen molar-refractivity contribution in [2.75, 3.05) is 21.2 Å². The fourth-order valence-electron chi connectivity index (χ4n) is 0.304. The Morgan fingerprint density at radius 3 is 1.93 bits per heavy atom. The van der Waals surface area contributed by atoms with Crippen LogP contribution in [0.2, 0.25) is 0 Å². The van der Waals surface area contributed by atoms with Gasteiger partial charge in [0, 0.05) is 6.08 Å². The smallest absolute Gasteiger partial charge is 0.329 e. The molecule has 0 amide bonds. The monoisotopic (exact) mass is 203 g/mol. The Morgan fingerprint density at radius 2 is 1.93 bits per heavy atom. The predicted molar refractivity (Wildman–Crippen MR) is 53.0 cm³/mol. The lowest BCUT2D eigenvalue weighted by Crippen LogP contribution is -2.32. The molecule has 0 radical (unpaired) electrons. The molecule has 5 nitrogen and oxygen atoms in total. The second-order valence-corrected chi connectivity index (χ2v) is 2.71. The number of likely N-dealkylation sites (N-methyl/N-ethyl adjacent to an activating group) is 1. The Balaban J connectivity index is 0. The Bertz CT molecular complexity index is 201. The minimum absolute atomic E-state index is 0.380. The maximum absolute atomic E-state index is 10.1. The Kier molecular flexibility index (Phi) is 8.91. The second kappa shape index (κ2) is 8.25. The number of methoxy groups -OCH3 is 1. The third-order valence-electron chi connectivity index (χ3n) is 1.50. The van der Waals surface area contributed by atoms with Crippen LogP contribution in [0, 0.1) is 0 Å². The van der Waals surface area contributed by atoms with E-state index in [-0.39, 0.29) is 6.04 Å². The highest BCUT2D eigenvalue weighted by molar-refractivity contribution is 5.80. The molecule has 0 spiro atoms. The van der Waals surface area contributed by atoms with Gasteiger partial charge in [0.05, 0.1) is 7.11 Å². The Hall–Kier alpha value is -1.36. The molecule has 0 heterocycles. The van der Waals surface area contributed by atoms with Crippen molar-refractivity contribution >= 4 is 11.9 Å². The van der Waals surface area contributed by atoms with Gasteiger partial charge in [-0.25, -0.2) is 4.79 Å². The summed E-state index contributed by atoms with van der Waals surface area (Å²) in [6.45, 7) is 4.80. The largest absolute Gasteiger partial charge is 0.480 e. The summed E-state index contributed by atoms with van der Waals surface area (Å²) in [6.07, 6.45) is 1.11. The van der Waals surface area contributed by atoms with E-state index in [0.29, 0.717) is 0 Å². The molecule has 0 aliphatic carbocycles. The third kappa shape index (κ3) is 8.73. The van der Waals surface area contributed by atoms with Crippen LogP contribution in [0.3, 0.4) is 0 Å². The van der Waals surface area contributed by atoms with Crippen molar-refractivity contribution in [2.45, 2.75) is 13.0 Å². The molecule has 0 saturated carbocycles. The fourth-order valence-corrected chi connectivity index (χ4v) is 0.304. The first kappa shape index (κ1) is 15.1. The first-order valence-corrected chi connectivity index (χ1v) is 3.96. The van der Waals surface area contributed by atoms with Crippen LogP contribution in [0.25, 0.3) is 0 Å². The van der Waals surface area contributed by atoms with E-state index in [2.05, 4.69) is 11.3 Å². The number of rotatable bonds is 3. The van der Waals surface area contributed by atoms with Gasteiger partial charge >= 0.3 is 11.9 Å². The third-order valence-corrected chi connectivity index (χ3v) is 1.50. The van der Waals surface area contributed by atoms with Crippen LogP contribution in [-0.4, -0.2) is 49.2 Å². The highest BCUT2D eigenvalue weighted by Crippen LogP contribution is 1.88. The van der Waals surface area contributed by atoms with E-state index < -0.39 is 11.9 Å². The minimum atomic E-state index is -0.782. The fraction of sp³-hybridized carbons (Fsp3) is 0.556. The molecule has 0 saturated heterocycles. The summed E-state index contributed by atoms with van der Waals surface area (Å²) in [5.41, 5.74) is 0. The first-order valence-electron chi connectivity index (χ1n) is 3.96. The average molecular weight is 203 g/mol. The van der Waals surface area contributed by atoms with Crippen molar-refractivity contribution in [3.05, 3.63) is 12.7 Å². The normalized spacial score (nSPS) is 10.9. The highest BCUT2D eigenvalue weighted by atomic mass is 16.5. The van der Waals surface area contributed by atoms with Crippen LogP contribution in [-0.2, 0) is 14.3 Å². The van der Waals surface area contributed by atoms with Crippen molar-refractivity contribution in [1.29, 1.82) is 0 Å². The van der Waals surface area contributed by atoms with Gasteiger partial charge in [-0.15, -0.1) is 0 Å². The molecule has 1 N–H and O–H groups in total. The van der Waals surface area contributed by atoms with Gasteiger partial charge in [0.2, 0.25) is 0 Å². The van der Waals surface area contributed by atoms with Gasteiger partial charge in [-0.05, 0) is 21.0 Å². The van der Waals surface area contributed by atoms with E-state index in [1.54, 1.807) is 25.9 Å². The number of carboxylic acid groups (broad SMARTS) is 1. The summed E-state index contributed by atoms with van der Waals surface area (Å²) in [4.78, 5) is 21.6. The van der Waals surface area contributed by atoms with Crippen LogP contribution in [0.15, 0.2) is 12.7 Å². The number of aliphatic carboxylic acids is 1. The van der Waals surface area contributed by atoms with Crippen molar-refractivity contribution in [2.24, 2.45) is 0 Å². The van der Waals surface area contributed by atoms with Gasteiger partial charge in [0.1, 0.15) is 6.04 Å². The van der Waals surface area contributed by atoms with Gasteiger partial charge in [-0.2, -0.15) is 0 Å². The van der Waals surface area contributed by atoms with Crippen LogP contribution in [0.4, 0.5) is 0 Å². The molecular weight excluding hydrogens is 186 g/mol. The second-order valence-electron chi connectivity index (χ2n) is 2.71. The van der Waals surface area contributed by atoms with Crippen molar-refractivity contribution < 1.29 is 19.4 Å². The molecule has 0 aromatic rings. The zero-order valence-corrected chi connectivity index (χ0v) is 8.98. The van der Waals surface area contributed by atoms with Crippen LogP contribution >= 0.6 is 0 Å². The summed E-state index contributed by atoms with van der Waals surface area (Å²) >= 11 is 0. The molecule has 0 fully saturated rings. The first-order chi connectivity index (χ1) is 6.36. The van der Waals surface area contributed by atoms with Gasteiger partial charge in [-0.3, -0.25) is 9.69 Å². The molecule has 0 aromatic carbocycles. The minimum Gasteiger partial charge on any atom is -0.480 e. The Morgan fingerprint density at radius 1 is 1.50 bits per heavy atom. The SMILES string of the molecule is C=CC(=O)OC.CC(C(=O)O)N(C)C. The molecular formula is C9H17NO4. The van der Waals surface area contributed by atoms with Crippen molar-refractivity contribution in [3.8, 4) is 0 Å². The van der Waals surface area contributed by atoms with Crippen LogP contribution in [0.5, 0.6) is 0 Å². The maximum Gasteiger partial charge on any atom is 0.329 e. The van der Waals surface area contributed by atoms with E-state index >= 15 is 0 Å². The number of nitrogens with zero attached hydrogens (tertiary/aromatic N) is 1. The number of hydrogen-bond donors (Lipinski definition) is 1. The molecule has 0 aliphatic rings. The molecule has 1 unspecified atom stereocenters. The number of carboxylic acids is 1. The zero-order chi connectivity index (χ0) is 11.7. The number of carbonyl (C=O) groups is 2. The Labute approximate surface area is 84.0 Å². The molecule has 14 heavy (non-hydrogen) atoms. The maximum atomic E-state index is 10.1. The van der Waals surface area contributed by atoms with Gasteiger partial charge < -0.3 is 9.84 Å². The topological polar surface area (TPSA) is 66.8 Å². The molecule has 1 atom stereocenters. The average Bonchev–Trinajstić information content (AvgIpc) is 2.15. The molecule has 0 aliphatic heterocycles. The zero-order valence-electron chi connectivity index (χ0n) is 8.98. The standard InChI is InChI=1S/C5H11NO2.C4H6O2/c1-4(5(7)8)6(2)3;1-3-4(5)6-2/h4H,1-3H3,(H,7,8);3H,1H2,2H3. The summed E-state index contributed by atoms with van der Waals surface area (Å²) in [6, 6.07) is -0.380. The van der Waals surface area contributed by atoms with Gasteiger partial charge in [0.25, 0.3) is 0 Å². The lowest BCUT2D eigenvalue weighted by molar-refractivity contribution is -0.141. The van der Waals surface area contributed by atoms with E-state index in [0.717, 1.165) is 6.08 Å². The van der Waals surface area contributed by atoms with Crippen LogP contribution < -0.4 is 0 Å².